The molecular formula is C18H14N4O3. The number of non-ortho nitro benzene ring substituents is 1. The van der Waals surface area contributed by atoms with Gasteiger partial charge in [-0.3, -0.25) is 19.9 Å². The topological polar surface area (TPSA) is 97.5 Å². The molecule has 7 heteroatoms. The first-order valence-electron chi connectivity index (χ1n) is 7.52. The molecule has 0 saturated carbocycles. The van der Waals surface area contributed by atoms with E-state index in [4.69, 9.17) is 0 Å². The highest BCUT2D eigenvalue weighted by atomic mass is 16.6. The molecule has 3 rings (SSSR count). The Bertz CT molecular complexity index is 952. The Kier molecular flexibility index (Phi) is 4.75. The third-order valence-corrected chi connectivity index (χ3v) is 3.54. The van der Waals surface area contributed by atoms with Gasteiger partial charge in [0.15, 0.2) is 0 Å². The number of aromatic nitrogens is 1. The maximum absolute atomic E-state index is 11.9. The van der Waals surface area contributed by atoms with Crippen molar-refractivity contribution in [1.82, 2.24) is 10.4 Å². The van der Waals surface area contributed by atoms with Gasteiger partial charge in [0.05, 0.1) is 23.1 Å². The number of carbonyl (C=O) groups excluding carboxylic acids is 1. The Labute approximate surface area is 143 Å². The van der Waals surface area contributed by atoms with Gasteiger partial charge in [-0.15, -0.1) is 0 Å². The summed E-state index contributed by atoms with van der Waals surface area (Å²) in [4.78, 5) is 26.2. The first kappa shape index (κ1) is 16.3. The molecule has 0 aliphatic heterocycles. The summed E-state index contributed by atoms with van der Waals surface area (Å²) < 4.78 is 0. The smallest absolute Gasteiger partial charge is 0.269 e. The average Bonchev–Trinajstić information content (AvgIpc) is 2.62. The fourth-order valence-electron chi connectivity index (χ4n) is 2.31. The van der Waals surface area contributed by atoms with Crippen LogP contribution in [-0.4, -0.2) is 22.0 Å². The Morgan fingerprint density at radius 3 is 2.76 bits per heavy atom. The Hall–Kier alpha value is -3.61. The minimum Gasteiger partial charge on any atom is -0.273 e. The van der Waals surface area contributed by atoms with Crippen molar-refractivity contribution < 1.29 is 9.72 Å². The maximum Gasteiger partial charge on any atom is 0.269 e. The monoisotopic (exact) mass is 334 g/mol. The fraction of sp³-hybridized carbons (Fsp3) is 0.0556. The number of amides is 1. The van der Waals surface area contributed by atoms with Crippen molar-refractivity contribution in [2.75, 3.05) is 0 Å². The van der Waals surface area contributed by atoms with Gasteiger partial charge in [0.25, 0.3) is 5.69 Å². The van der Waals surface area contributed by atoms with Crippen molar-refractivity contribution in [1.29, 1.82) is 0 Å². The number of carbonyl (C=O) groups is 1. The fourth-order valence-corrected chi connectivity index (χ4v) is 2.31. The van der Waals surface area contributed by atoms with Crippen LogP contribution in [-0.2, 0) is 11.2 Å². The summed E-state index contributed by atoms with van der Waals surface area (Å²) >= 11 is 0. The van der Waals surface area contributed by atoms with Crippen LogP contribution in [0.4, 0.5) is 5.69 Å². The lowest BCUT2D eigenvalue weighted by atomic mass is 10.1. The number of hydrogen-bond donors (Lipinski definition) is 1. The molecule has 0 fully saturated rings. The molecule has 0 spiro atoms. The van der Waals surface area contributed by atoms with E-state index in [1.165, 1.54) is 12.1 Å². The number of benzene rings is 2. The quantitative estimate of drug-likeness (QED) is 0.441. The van der Waals surface area contributed by atoms with Crippen LogP contribution in [0.3, 0.4) is 0 Å². The number of pyridine rings is 1. The Balaban J connectivity index is 1.59. The number of nitrogens with zero attached hydrogens (tertiary/aromatic N) is 3. The summed E-state index contributed by atoms with van der Waals surface area (Å²) in [5, 5.41) is 15.5. The first-order chi connectivity index (χ1) is 12.1. The van der Waals surface area contributed by atoms with E-state index in [1.54, 1.807) is 24.5 Å². The number of nitrogens with one attached hydrogen (secondary N) is 1. The molecule has 3 aromatic rings. The summed E-state index contributed by atoms with van der Waals surface area (Å²) in [6.07, 6.45) is 3.38. The second-order valence-corrected chi connectivity index (χ2v) is 5.35. The van der Waals surface area contributed by atoms with Gasteiger partial charge >= 0.3 is 0 Å². The minimum atomic E-state index is -0.479. The normalized spacial score (nSPS) is 10.9. The van der Waals surface area contributed by atoms with E-state index in [1.807, 2.05) is 30.3 Å². The van der Waals surface area contributed by atoms with Crippen molar-refractivity contribution in [3.63, 3.8) is 0 Å². The Morgan fingerprint density at radius 1 is 1.20 bits per heavy atom. The van der Waals surface area contributed by atoms with Crippen LogP contribution >= 0.6 is 0 Å². The van der Waals surface area contributed by atoms with E-state index in [9.17, 15) is 14.9 Å². The Morgan fingerprint density at radius 2 is 2.00 bits per heavy atom. The lowest BCUT2D eigenvalue weighted by Gasteiger charge is -2.01. The van der Waals surface area contributed by atoms with Crippen molar-refractivity contribution in [2.24, 2.45) is 5.10 Å². The molecule has 0 saturated heterocycles. The molecule has 0 unspecified atom stereocenters. The number of nitro groups is 1. The SMILES string of the molecule is O=C(Cc1ccc([N+](=O)[O-])cc1)NN=Cc1ccc2ncccc2c1. The van der Waals surface area contributed by atoms with Crippen LogP contribution in [0, 0.1) is 10.1 Å². The van der Waals surface area contributed by atoms with Crippen LogP contribution in [0.1, 0.15) is 11.1 Å². The molecule has 124 valence electrons. The van der Waals surface area contributed by atoms with Crippen molar-refractivity contribution in [2.45, 2.75) is 6.42 Å². The molecule has 0 radical (unpaired) electrons. The zero-order chi connectivity index (χ0) is 17.6. The third kappa shape index (κ3) is 4.23. The van der Waals surface area contributed by atoms with E-state index in [2.05, 4.69) is 15.5 Å². The number of nitro benzene ring substituents is 1. The largest absolute Gasteiger partial charge is 0.273 e. The summed E-state index contributed by atoms with van der Waals surface area (Å²) in [6, 6.07) is 15.3. The third-order valence-electron chi connectivity index (χ3n) is 3.54. The summed E-state index contributed by atoms with van der Waals surface area (Å²) in [5.74, 6) is -0.299. The number of rotatable bonds is 5. The van der Waals surface area contributed by atoms with Crippen LogP contribution in [0.25, 0.3) is 10.9 Å². The van der Waals surface area contributed by atoms with Crippen LogP contribution in [0.2, 0.25) is 0 Å². The van der Waals surface area contributed by atoms with E-state index < -0.39 is 4.92 Å². The van der Waals surface area contributed by atoms with Crippen LogP contribution < -0.4 is 5.43 Å². The van der Waals surface area contributed by atoms with Gasteiger partial charge in [0, 0.05) is 23.7 Å². The second-order valence-electron chi connectivity index (χ2n) is 5.35. The van der Waals surface area contributed by atoms with E-state index in [-0.39, 0.29) is 18.0 Å². The predicted molar refractivity (Wildman–Crippen MR) is 94.3 cm³/mol. The van der Waals surface area contributed by atoms with E-state index in [0.717, 1.165) is 16.5 Å². The lowest BCUT2D eigenvalue weighted by Crippen LogP contribution is -2.19. The van der Waals surface area contributed by atoms with Gasteiger partial charge in [0.1, 0.15) is 0 Å². The molecule has 1 N–H and O–H groups in total. The minimum absolute atomic E-state index is 0.00651. The molecule has 2 aromatic carbocycles. The molecule has 1 aromatic heterocycles. The summed E-state index contributed by atoms with van der Waals surface area (Å²) in [6.45, 7) is 0. The average molecular weight is 334 g/mol. The predicted octanol–water partition coefficient (Wildman–Crippen LogP) is 2.84. The molecule has 0 aliphatic carbocycles. The van der Waals surface area contributed by atoms with Crippen LogP contribution in [0.5, 0.6) is 0 Å². The first-order valence-corrected chi connectivity index (χ1v) is 7.52. The number of fused-ring (bicyclic) bond motifs is 1. The highest BCUT2D eigenvalue weighted by molar-refractivity contribution is 5.89. The number of hydrogen-bond acceptors (Lipinski definition) is 5. The second kappa shape index (κ2) is 7.31. The highest BCUT2D eigenvalue weighted by Gasteiger charge is 2.06. The highest BCUT2D eigenvalue weighted by Crippen LogP contribution is 2.13. The summed E-state index contributed by atoms with van der Waals surface area (Å²) in [5.41, 5.74) is 4.85. The van der Waals surface area contributed by atoms with Gasteiger partial charge in [-0.2, -0.15) is 5.10 Å². The molecule has 0 atom stereocenters. The van der Waals surface area contributed by atoms with Crippen LogP contribution in [0.15, 0.2) is 65.9 Å². The lowest BCUT2D eigenvalue weighted by molar-refractivity contribution is -0.384. The molecular weight excluding hydrogens is 320 g/mol. The van der Waals surface area contributed by atoms with E-state index >= 15 is 0 Å². The van der Waals surface area contributed by atoms with Gasteiger partial charge in [-0.1, -0.05) is 24.3 Å². The van der Waals surface area contributed by atoms with Gasteiger partial charge in [-0.05, 0) is 29.3 Å². The molecule has 0 aliphatic rings. The van der Waals surface area contributed by atoms with Gasteiger partial charge in [-0.25, -0.2) is 5.43 Å². The van der Waals surface area contributed by atoms with Crippen molar-refractivity contribution in [3.05, 3.63) is 82.0 Å². The maximum atomic E-state index is 11.9. The molecule has 1 heterocycles. The van der Waals surface area contributed by atoms with Gasteiger partial charge in [0.2, 0.25) is 5.91 Å². The zero-order valence-corrected chi connectivity index (χ0v) is 13.1. The molecule has 0 bridgehead atoms. The molecule has 1 amide bonds. The van der Waals surface area contributed by atoms with Crippen molar-refractivity contribution in [3.8, 4) is 0 Å². The standard InChI is InChI=1S/C18H14N4O3/c23-18(11-13-3-6-16(7-4-13)22(24)25)21-20-12-14-5-8-17-15(10-14)2-1-9-19-17/h1-10,12H,11H2,(H,21,23). The molecule has 25 heavy (non-hydrogen) atoms. The van der Waals surface area contributed by atoms with E-state index in [0.29, 0.717) is 5.56 Å². The summed E-state index contributed by atoms with van der Waals surface area (Å²) in [7, 11) is 0. The van der Waals surface area contributed by atoms with Gasteiger partial charge < -0.3 is 0 Å². The molecule has 7 nitrogen and oxygen atoms in total. The zero-order valence-electron chi connectivity index (χ0n) is 13.1. The number of hydrazone groups is 1. The van der Waals surface area contributed by atoms with Crippen molar-refractivity contribution >= 4 is 28.7 Å².